The molecule has 3 aromatic rings. The van der Waals surface area contributed by atoms with E-state index in [1.807, 2.05) is 0 Å². The summed E-state index contributed by atoms with van der Waals surface area (Å²) in [5.74, 6) is -1.27. The molecule has 0 aliphatic rings. The lowest BCUT2D eigenvalue weighted by Crippen LogP contribution is -2.41. The van der Waals surface area contributed by atoms with Gasteiger partial charge in [-0.3, -0.25) is 9.59 Å². The summed E-state index contributed by atoms with van der Waals surface area (Å²) in [6.45, 7) is 1.17. The van der Waals surface area contributed by atoms with E-state index in [4.69, 9.17) is 32.4 Å². The first-order chi connectivity index (χ1) is 16.2. The highest BCUT2D eigenvalue weighted by molar-refractivity contribution is 6.35. The second-order valence-corrected chi connectivity index (χ2v) is 7.74. The first kappa shape index (κ1) is 24.8. The molecular formula is C23H19Cl2N3O6. The number of carbonyl (C=O) groups is 3. The number of furan rings is 1. The number of benzene rings is 2. The highest BCUT2D eigenvalue weighted by Crippen LogP contribution is 2.28. The number of halogens is 2. The number of carboxylic acid groups (broad SMARTS) is 1. The van der Waals surface area contributed by atoms with E-state index in [0.29, 0.717) is 22.1 Å². The second kappa shape index (κ2) is 11.4. The van der Waals surface area contributed by atoms with Crippen LogP contribution in [-0.4, -0.2) is 41.8 Å². The number of nitrogens with one attached hydrogen (secondary N) is 2. The summed E-state index contributed by atoms with van der Waals surface area (Å²) in [4.78, 5) is 35.5. The molecule has 176 valence electrons. The van der Waals surface area contributed by atoms with Crippen molar-refractivity contribution in [1.29, 1.82) is 0 Å². The molecule has 0 unspecified atom stereocenters. The zero-order valence-electron chi connectivity index (χ0n) is 17.7. The number of carboxylic acids is 1. The molecule has 0 aliphatic heterocycles. The molecule has 0 spiro atoms. The number of carbonyl (C=O) groups excluding carboxylic acids is 2. The quantitative estimate of drug-likeness (QED) is 0.299. The van der Waals surface area contributed by atoms with Crippen LogP contribution in [0.4, 0.5) is 0 Å². The van der Waals surface area contributed by atoms with E-state index in [-0.39, 0.29) is 22.9 Å². The molecule has 11 heteroatoms. The van der Waals surface area contributed by atoms with Crippen molar-refractivity contribution >= 4 is 47.2 Å². The van der Waals surface area contributed by atoms with Crippen molar-refractivity contribution < 1.29 is 28.6 Å². The Kier molecular flexibility index (Phi) is 8.29. The molecule has 0 saturated heterocycles. The van der Waals surface area contributed by atoms with Crippen molar-refractivity contribution in [2.24, 2.45) is 5.10 Å². The monoisotopic (exact) mass is 503 g/mol. The third-order valence-corrected chi connectivity index (χ3v) is 4.95. The third-order valence-electron chi connectivity index (χ3n) is 4.42. The summed E-state index contributed by atoms with van der Waals surface area (Å²) in [6, 6.07) is 14.2. The van der Waals surface area contributed by atoms with E-state index in [0.717, 1.165) is 0 Å². The first-order valence-corrected chi connectivity index (χ1v) is 10.6. The normalized spacial score (nSPS) is 11.7. The van der Waals surface area contributed by atoms with Crippen LogP contribution in [0.3, 0.4) is 0 Å². The van der Waals surface area contributed by atoms with Gasteiger partial charge in [-0.2, -0.15) is 5.10 Å². The standard InChI is InChI=1S/C23H19Cl2N3O6/c1-13(33-20-8-6-14(24)10-18(20)25)22(30)26-12-21(29)28-27-11-15-7-9-19(34-15)16-4-2-3-5-17(16)23(31)32/h2-11,13H,12H2,1H3,(H,26,30)(H,28,29)(H,31,32)/b27-11-/t13-/m0/s1. The highest BCUT2D eigenvalue weighted by Gasteiger charge is 2.17. The number of nitrogens with zero attached hydrogens (tertiary/aromatic N) is 1. The summed E-state index contributed by atoms with van der Waals surface area (Å²) in [5.41, 5.74) is 2.77. The van der Waals surface area contributed by atoms with Crippen LogP contribution < -0.4 is 15.5 Å². The predicted octanol–water partition coefficient (Wildman–Crippen LogP) is 3.99. The number of amides is 2. The maximum Gasteiger partial charge on any atom is 0.336 e. The van der Waals surface area contributed by atoms with Crippen LogP contribution in [0.25, 0.3) is 11.3 Å². The Balaban J connectivity index is 1.48. The van der Waals surface area contributed by atoms with Gasteiger partial charge in [0.1, 0.15) is 17.3 Å². The Labute approximate surface area is 204 Å². The number of hydrogen-bond acceptors (Lipinski definition) is 6. The van der Waals surface area contributed by atoms with Crippen molar-refractivity contribution in [1.82, 2.24) is 10.7 Å². The summed E-state index contributed by atoms with van der Waals surface area (Å²) in [7, 11) is 0. The van der Waals surface area contributed by atoms with Crippen LogP contribution in [0.5, 0.6) is 5.75 Å². The molecular weight excluding hydrogens is 485 g/mol. The van der Waals surface area contributed by atoms with Crippen LogP contribution in [0, 0.1) is 0 Å². The number of hydrazone groups is 1. The van der Waals surface area contributed by atoms with Crippen LogP contribution in [-0.2, 0) is 9.59 Å². The average molecular weight is 504 g/mol. The molecule has 0 bridgehead atoms. The molecule has 9 nitrogen and oxygen atoms in total. The molecule has 1 heterocycles. The Morgan fingerprint density at radius 2 is 1.91 bits per heavy atom. The SMILES string of the molecule is C[C@H](Oc1ccc(Cl)cc1Cl)C(=O)NCC(=O)N/N=C\c1ccc(-c2ccccc2C(=O)O)o1. The first-order valence-electron chi connectivity index (χ1n) is 9.88. The average Bonchev–Trinajstić information content (AvgIpc) is 3.28. The molecule has 0 fully saturated rings. The van der Waals surface area contributed by atoms with Gasteiger partial charge in [0.2, 0.25) is 0 Å². The van der Waals surface area contributed by atoms with E-state index in [1.165, 1.54) is 31.3 Å². The van der Waals surface area contributed by atoms with Crippen molar-refractivity contribution in [3.8, 4) is 17.1 Å². The van der Waals surface area contributed by atoms with Gasteiger partial charge in [0.15, 0.2) is 6.10 Å². The summed E-state index contributed by atoms with van der Waals surface area (Å²) in [5, 5.41) is 16.2. The van der Waals surface area contributed by atoms with Gasteiger partial charge in [-0.1, -0.05) is 41.4 Å². The lowest BCUT2D eigenvalue weighted by Gasteiger charge is -2.15. The van der Waals surface area contributed by atoms with Crippen molar-refractivity contribution in [2.75, 3.05) is 6.54 Å². The van der Waals surface area contributed by atoms with Gasteiger partial charge in [0, 0.05) is 10.6 Å². The molecule has 3 N–H and O–H groups in total. The minimum absolute atomic E-state index is 0.0981. The summed E-state index contributed by atoms with van der Waals surface area (Å²) < 4.78 is 11.1. The Morgan fingerprint density at radius 1 is 1.15 bits per heavy atom. The lowest BCUT2D eigenvalue weighted by atomic mass is 10.1. The smallest absolute Gasteiger partial charge is 0.336 e. The summed E-state index contributed by atoms with van der Waals surface area (Å²) in [6.07, 6.45) is 0.339. The fourth-order valence-electron chi connectivity index (χ4n) is 2.78. The van der Waals surface area contributed by atoms with Gasteiger partial charge in [-0.25, -0.2) is 10.2 Å². The molecule has 34 heavy (non-hydrogen) atoms. The maximum absolute atomic E-state index is 12.2. The number of ether oxygens (including phenoxy) is 1. The van der Waals surface area contributed by atoms with Gasteiger partial charge < -0.3 is 19.6 Å². The Morgan fingerprint density at radius 3 is 2.65 bits per heavy atom. The number of hydrogen-bond donors (Lipinski definition) is 3. The van der Waals surface area contributed by atoms with E-state index in [2.05, 4.69) is 15.8 Å². The molecule has 1 atom stereocenters. The fraction of sp³-hybridized carbons (Fsp3) is 0.130. The van der Waals surface area contributed by atoms with Gasteiger partial charge in [-0.15, -0.1) is 0 Å². The van der Waals surface area contributed by atoms with Crippen molar-refractivity contribution in [3.05, 3.63) is 76.0 Å². The third kappa shape index (κ3) is 6.60. The minimum atomic E-state index is -1.08. The highest BCUT2D eigenvalue weighted by atomic mass is 35.5. The van der Waals surface area contributed by atoms with Gasteiger partial charge in [0.05, 0.1) is 23.3 Å². The second-order valence-electron chi connectivity index (χ2n) is 6.90. The topological polar surface area (TPSA) is 130 Å². The lowest BCUT2D eigenvalue weighted by molar-refractivity contribution is -0.130. The minimum Gasteiger partial charge on any atom is -0.479 e. The molecule has 2 amide bonds. The largest absolute Gasteiger partial charge is 0.479 e. The zero-order valence-corrected chi connectivity index (χ0v) is 19.3. The van der Waals surface area contributed by atoms with Gasteiger partial charge in [-0.05, 0) is 43.3 Å². The Hall–Kier alpha value is -3.82. The van der Waals surface area contributed by atoms with Crippen molar-refractivity contribution in [2.45, 2.75) is 13.0 Å². The van der Waals surface area contributed by atoms with E-state index in [1.54, 1.807) is 36.4 Å². The molecule has 0 aliphatic carbocycles. The fourth-order valence-corrected chi connectivity index (χ4v) is 3.24. The molecule has 0 radical (unpaired) electrons. The van der Waals surface area contributed by atoms with Crippen LogP contribution in [0.2, 0.25) is 10.0 Å². The van der Waals surface area contributed by atoms with E-state index in [9.17, 15) is 19.5 Å². The number of rotatable bonds is 9. The van der Waals surface area contributed by atoms with Crippen LogP contribution >= 0.6 is 23.2 Å². The Bertz CT molecular complexity index is 1240. The molecule has 3 rings (SSSR count). The molecule has 1 aromatic heterocycles. The van der Waals surface area contributed by atoms with E-state index >= 15 is 0 Å². The van der Waals surface area contributed by atoms with Crippen LogP contribution in [0.15, 0.2) is 64.1 Å². The van der Waals surface area contributed by atoms with Gasteiger partial charge >= 0.3 is 5.97 Å². The van der Waals surface area contributed by atoms with Crippen molar-refractivity contribution in [3.63, 3.8) is 0 Å². The van der Waals surface area contributed by atoms with Gasteiger partial charge in [0.25, 0.3) is 11.8 Å². The zero-order chi connectivity index (χ0) is 24.7. The molecule has 0 saturated carbocycles. The maximum atomic E-state index is 12.2. The molecule has 2 aromatic carbocycles. The summed E-state index contributed by atoms with van der Waals surface area (Å²) >= 11 is 11.8. The van der Waals surface area contributed by atoms with E-state index < -0.39 is 23.9 Å². The van der Waals surface area contributed by atoms with Crippen LogP contribution in [0.1, 0.15) is 23.0 Å². The predicted molar refractivity (Wildman–Crippen MR) is 126 cm³/mol. The number of aromatic carboxylic acids is 1.